The Balaban J connectivity index is 1.76. The molecule has 1 N–H and O–H groups in total. The summed E-state index contributed by atoms with van der Waals surface area (Å²) in [5, 5.41) is 3.00. The zero-order valence-corrected chi connectivity index (χ0v) is 13.0. The molecule has 1 heterocycles. The van der Waals surface area contributed by atoms with Gasteiger partial charge >= 0.3 is 0 Å². The lowest BCUT2D eigenvalue weighted by molar-refractivity contribution is -0.119. The predicted octanol–water partition coefficient (Wildman–Crippen LogP) is 1.78. The first kappa shape index (κ1) is 15.4. The Morgan fingerprint density at radius 3 is 2.70 bits per heavy atom. The van der Waals surface area contributed by atoms with Crippen LogP contribution >= 0.6 is 11.8 Å². The first-order chi connectivity index (χ1) is 9.46. The minimum absolute atomic E-state index is 0.0309. The monoisotopic (exact) mass is 313 g/mol. The fourth-order valence-electron chi connectivity index (χ4n) is 2.19. The van der Waals surface area contributed by atoms with Gasteiger partial charge in [0.15, 0.2) is 9.84 Å². The van der Waals surface area contributed by atoms with Crippen molar-refractivity contribution in [2.24, 2.45) is 0 Å². The fraction of sp³-hybridized carbons (Fsp3) is 0.500. The molecule has 0 radical (unpaired) electrons. The van der Waals surface area contributed by atoms with E-state index in [9.17, 15) is 13.2 Å². The van der Waals surface area contributed by atoms with Gasteiger partial charge in [-0.3, -0.25) is 4.79 Å². The third-order valence-electron chi connectivity index (χ3n) is 3.32. The minimum Gasteiger partial charge on any atom is -0.349 e. The lowest BCUT2D eigenvalue weighted by atomic mass is 10.1. The molecule has 110 valence electrons. The van der Waals surface area contributed by atoms with Crippen molar-refractivity contribution < 1.29 is 13.2 Å². The van der Waals surface area contributed by atoms with Crippen molar-refractivity contribution in [3.63, 3.8) is 0 Å². The molecule has 0 aromatic heterocycles. The molecule has 1 fully saturated rings. The molecular weight excluding hydrogens is 294 g/mol. The van der Waals surface area contributed by atoms with Gasteiger partial charge in [0.1, 0.15) is 0 Å². The van der Waals surface area contributed by atoms with Crippen LogP contribution in [0.2, 0.25) is 0 Å². The summed E-state index contributed by atoms with van der Waals surface area (Å²) in [6.07, 6.45) is 0.661. The van der Waals surface area contributed by atoms with Crippen LogP contribution in [0.15, 0.2) is 30.3 Å². The molecule has 1 amide bonds. The molecule has 1 aromatic carbocycles. The van der Waals surface area contributed by atoms with Gasteiger partial charge in [0, 0.05) is 5.25 Å². The number of carbonyl (C=O) groups excluding carboxylic acids is 1. The maximum absolute atomic E-state index is 11.9. The first-order valence-corrected chi connectivity index (χ1v) is 9.49. The highest BCUT2D eigenvalue weighted by Gasteiger charge is 2.28. The third kappa shape index (κ3) is 4.52. The Kier molecular flexibility index (Phi) is 5.10. The Morgan fingerprint density at radius 1 is 1.40 bits per heavy atom. The van der Waals surface area contributed by atoms with Gasteiger partial charge in [0.05, 0.1) is 23.3 Å². The van der Waals surface area contributed by atoms with Crippen molar-refractivity contribution in [1.82, 2.24) is 5.32 Å². The average molecular weight is 313 g/mol. The van der Waals surface area contributed by atoms with E-state index in [1.54, 1.807) is 0 Å². The fourth-order valence-corrected chi connectivity index (χ4v) is 5.65. The van der Waals surface area contributed by atoms with Crippen molar-refractivity contribution in [2.75, 3.05) is 17.3 Å². The van der Waals surface area contributed by atoms with Gasteiger partial charge in [-0.15, -0.1) is 11.8 Å². The van der Waals surface area contributed by atoms with Crippen LogP contribution in [-0.4, -0.2) is 36.8 Å². The molecule has 0 bridgehead atoms. The average Bonchev–Trinajstić information content (AvgIpc) is 2.77. The van der Waals surface area contributed by atoms with Crippen molar-refractivity contribution in [2.45, 2.75) is 24.6 Å². The summed E-state index contributed by atoms with van der Waals surface area (Å²) in [6, 6.07) is 9.74. The standard InChI is InChI=1S/C14H19NO3S2/c1-11(12-5-3-2-4-6-12)15-14(16)9-19-13-7-8-20(17,18)10-13/h2-6,11,13H,7-10H2,1H3,(H,15,16)/t11-,13+/m0/s1. The molecular formula is C14H19NO3S2. The molecule has 0 aliphatic carbocycles. The zero-order chi connectivity index (χ0) is 14.6. The summed E-state index contributed by atoms with van der Waals surface area (Å²) in [7, 11) is -2.86. The number of carbonyl (C=O) groups is 1. The van der Waals surface area contributed by atoms with Crippen LogP contribution in [0.4, 0.5) is 0 Å². The van der Waals surface area contributed by atoms with E-state index >= 15 is 0 Å². The summed E-state index contributed by atoms with van der Waals surface area (Å²) in [4.78, 5) is 11.9. The van der Waals surface area contributed by atoms with E-state index in [4.69, 9.17) is 0 Å². The van der Waals surface area contributed by atoms with E-state index < -0.39 is 9.84 Å². The third-order valence-corrected chi connectivity index (χ3v) is 6.60. The topological polar surface area (TPSA) is 63.2 Å². The van der Waals surface area contributed by atoms with Crippen molar-refractivity contribution in [3.8, 4) is 0 Å². The number of amides is 1. The van der Waals surface area contributed by atoms with Crippen LogP contribution < -0.4 is 5.32 Å². The van der Waals surface area contributed by atoms with E-state index in [1.165, 1.54) is 11.8 Å². The lowest BCUT2D eigenvalue weighted by Crippen LogP contribution is -2.29. The summed E-state index contributed by atoms with van der Waals surface area (Å²) >= 11 is 1.44. The van der Waals surface area contributed by atoms with Crippen LogP contribution in [0, 0.1) is 0 Å². The molecule has 6 heteroatoms. The summed E-state index contributed by atoms with van der Waals surface area (Å²) in [5.74, 6) is 0.735. The highest BCUT2D eigenvalue weighted by atomic mass is 32.2. The van der Waals surface area contributed by atoms with Crippen LogP contribution in [0.1, 0.15) is 24.9 Å². The zero-order valence-electron chi connectivity index (χ0n) is 11.4. The summed E-state index contributed by atoms with van der Waals surface area (Å²) in [5.41, 5.74) is 1.06. The number of sulfone groups is 1. The number of benzene rings is 1. The quantitative estimate of drug-likeness (QED) is 0.900. The maximum Gasteiger partial charge on any atom is 0.230 e. The highest BCUT2D eigenvalue weighted by Crippen LogP contribution is 2.24. The van der Waals surface area contributed by atoms with E-state index in [0.717, 1.165) is 5.56 Å². The molecule has 2 rings (SSSR count). The number of thioether (sulfide) groups is 1. The SMILES string of the molecule is C[C@H](NC(=O)CS[C@@H]1CCS(=O)(=O)C1)c1ccccc1. The highest BCUT2D eigenvalue weighted by molar-refractivity contribution is 8.02. The normalized spacial score (nSPS) is 22.4. The van der Waals surface area contributed by atoms with E-state index in [2.05, 4.69) is 5.32 Å². The largest absolute Gasteiger partial charge is 0.349 e. The van der Waals surface area contributed by atoms with E-state index in [-0.39, 0.29) is 28.7 Å². The molecule has 1 aromatic rings. The smallest absolute Gasteiger partial charge is 0.230 e. The molecule has 1 saturated heterocycles. The van der Waals surface area contributed by atoms with Gasteiger partial charge in [0.2, 0.25) is 5.91 Å². The van der Waals surface area contributed by atoms with Gasteiger partial charge in [-0.1, -0.05) is 30.3 Å². The number of rotatable bonds is 5. The Hall–Kier alpha value is -1.01. The number of hydrogen-bond acceptors (Lipinski definition) is 4. The first-order valence-electron chi connectivity index (χ1n) is 6.62. The second kappa shape index (κ2) is 6.63. The molecule has 20 heavy (non-hydrogen) atoms. The van der Waals surface area contributed by atoms with Crippen LogP contribution in [-0.2, 0) is 14.6 Å². The second-order valence-electron chi connectivity index (χ2n) is 5.04. The minimum atomic E-state index is -2.86. The van der Waals surface area contributed by atoms with Gasteiger partial charge in [0.25, 0.3) is 0 Å². The van der Waals surface area contributed by atoms with Crippen LogP contribution in [0.25, 0.3) is 0 Å². The lowest BCUT2D eigenvalue weighted by Gasteiger charge is -2.15. The van der Waals surface area contributed by atoms with Crippen molar-refractivity contribution >= 4 is 27.5 Å². The Labute approximate surface area is 124 Å². The Morgan fingerprint density at radius 2 is 2.10 bits per heavy atom. The van der Waals surface area contributed by atoms with Crippen LogP contribution in [0.5, 0.6) is 0 Å². The molecule has 0 saturated carbocycles. The van der Waals surface area contributed by atoms with Gasteiger partial charge < -0.3 is 5.32 Å². The molecule has 2 atom stereocenters. The van der Waals surface area contributed by atoms with Crippen molar-refractivity contribution in [3.05, 3.63) is 35.9 Å². The van der Waals surface area contributed by atoms with Gasteiger partial charge in [-0.2, -0.15) is 0 Å². The number of nitrogens with one attached hydrogen (secondary N) is 1. The van der Waals surface area contributed by atoms with Crippen LogP contribution in [0.3, 0.4) is 0 Å². The van der Waals surface area contributed by atoms with Gasteiger partial charge in [-0.25, -0.2) is 8.42 Å². The number of hydrogen-bond donors (Lipinski definition) is 1. The molecule has 1 aliphatic heterocycles. The predicted molar refractivity (Wildman–Crippen MR) is 82.5 cm³/mol. The Bertz CT molecular complexity index is 557. The summed E-state index contributed by atoms with van der Waals surface area (Å²) < 4.78 is 22.7. The van der Waals surface area contributed by atoms with Gasteiger partial charge in [-0.05, 0) is 18.9 Å². The van der Waals surface area contributed by atoms with Crippen molar-refractivity contribution in [1.29, 1.82) is 0 Å². The van der Waals surface area contributed by atoms with E-state index in [0.29, 0.717) is 12.2 Å². The second-order valence-corrected chi connectivity index (χ2v) is 8.55. The maximum atomic E-state index is 11.9. The summed E-state index contributed by atoms with van der Waals surface area (Å²) in [6.45, 7) is 1.94. The molecule has 1 aliphatic rings. The van der Waals surface area contributed by atoms with E-state index in [1.807, 2.05) is 37.3 Å². The molecule has 4 nitrogen and oxygen atoms in total. The molecule has 0 unspecified atom stereocenters. The molecule has 0 spiro atoms.